The molecule has 3 aromatic carbocycles. The second-order valence-electron chi connectivity index (χ2n) is 7.55. The van der Waals surface area contributed by atoms with Crippen LogP contribution in [0.5, 0.6) is 23.0 Å². The quantitative estimate of drug-likeness (QED) is 0.592. The first-order valence-corrected chi connectivity index (χ1v) is 10.2. The maximum Gasteiger partial charge on any atom is 0.231 e. The molecule has 0 aromatic heterocycles. The zero-order valence-corrected chi connectivity index (χ0v) is 16.7. The van der Waals surface area contributed by atoms with Crippen molar-refractivity contribution in [3.8, 4) is 23.0 Å². The van der Waals surface area contributed by atoms with Crippen LogP contribution in [-0.4, -0.2) is 19.3 Å². The van der Waals surface area contributed by atoms with Crippen LogP contribution in [0.25, 0.3) is 6.08 Å². The molecule has 3 aromatic rings. The minimum atomic E-state index is 0.0771. The first-order chi connectivity index (χ1) is 15.3. The van der Waals surface area contributed by atoms with Crippen LogP contribution in [-0.2, 0) is 0 Å². The molecule has 6 nitrogen and oxygen atoms in total. The Kier molecular flexibility index (Phi) is 4.27. The van der Waals surface area contributed by atoms with E-state index in [0.29, 0.717) is 0 Å². The molecule has 6 heteroatoms. The highest BCUT2D eigenvalue weighted by Crippen LogP contribution is 2.40. The Morgan fingerprint density at radius 3 is 2.26 bits per heavy atom. The van der Waals surface area contributed by atoms with Gasteiger partial charge in [-0.15, -0.1) is 0 Å². The average Bonchev–Trinajstić information content (AvgIpc) is 3.56. The van der Waals surface area contributed by atoms with Crippen LogP contribution in [0.1, 0.15) is 23.6 Å². The molecular formula is C25H20N2O4. The second-order valence-corrected chi connectivity index (χ2v) is 7.55. The topological polar surface area (TPSA) is 52.5 Å². The molecule has 0 bridgehead atoms. The normalized spacial score (nSPS) is 18.6. The summed E-state index contributed by atoms with van der Waals surface area (Å²) in [5, 5.41) is 7.01. The van der Waals surface area contributed by atoms with Crippen molar-refractivity contribution in [2.45, 2.75) is 12.5 Å². The van der Waals surface area contributed by atoms with E-state index in [-0.39, 0.29) is 19.6 Å². The molecule has 1 atom stereocenters. The van der Waals surface area contributed by atoms with Gasteiger partial charge in [0.15, 0.2) is 23.0 Å². The minimum Gasteiger partial charge on any atom is -0.454 e. The van der Waals surface area contributed by atoms with Gasteiger partial charge in [0, 0.05) is 6.42 Å². The third-order valence-corrected chi connectivity index (χ3v) is 5.60. The maximum absolute atomic E-state index is 5.59. The molecule has 0 N–H and O–H groups in total. The van der Waals surface area contributed by atoms with Crippen molar-refractivity contribution < 1.29 is 18.9 Å². The lowest BCUT2D eigenvalue weighted by Gasteiger charge is -2.24. The Morgan fingerprint density at radius 1 is 0.742 bits per heavy atom. The van der Waals surface area contributed by atoms with Crippen molar-refractivity contribution in [2.24, 2.45) is 5.10 Å². The first kappa shape index (κ1) is 17.9. The molecule has 3 heterocycles. The largest absolute Gasteiger partial charge is 0.454 e. The van der Waals surface area contributed by atoms with Crippen LogP contribution in [0.4, 0.5) is 5.69 Å². The zero-order valence-electron chi connectivity index (χ0n) is 16.7. The summed E-state index contributed by atoms with van der Waals surface area (Å²) in [7, 11) is 0. The van der Waals surface area contributed by atoms with Crippen molar-refractivity contribution >= 4 is 17.5 Å². The van der Waals surface area contributed by atoms with E-state index in [1.54, 1.807) is 0 Å². The van der Waals surface area contributed by atoms with E-state index in [4.69, 9.17) is 24.0 Å². The highest BCUT2D eigenvalue weighted by Gasteiger charge is 2.29. The van der Waals surface area contributed by atoms with Gasteiger partial charge in [0.05, 0.1) is 17.4 Å². The number of ether oxygens (including phenoxy) is 4. The Morgan fingerprint density at radius 2 is 1.45 bits per heavy atom. The van der Waals surface area contributed by atoms with E-state index < -0.39 is 0 Å². The molecule has 0 amide bonds. The smallest absolute Gasteiger partial charge is 0.231 e. The summed E-state index contributed by atoms with van der Waals surface area (Å²) in [5.41, 5.74) is 4.24. The lowest BCUT2D eigenvalue weighted by molar-refractivity contribution is 0.173. The van der Waals surface area contributed by atoms with E-state index in [9.17, 15) is 0 Å². The number of anilines is 1. The number of hydrogen-bond donors (Lipinski definition) is 0. The molecular weight excluding hydrogens is 392 g/mol. The predicted molar refractivity (Wildman–Crippen MR) is 118 cm³/mol. The number of rotatable bonds is 4. The van der Waals surface area contributed by atoms with Crippen LogP contribution in [0.15, 0.2) is 77.9 Å². The molecule has 0 aliphatic carbocycles. The lowest BCUT2D eigenvalue weighted by Crippen LogP contribution is -2.18. The molecule has 0 saturated carbocycles. The van der Waals surface area contributed by atoms with Crippen LogP contribution in [0.2, 0.25) is 0 Å². The predicted octanol–water partition coefficient (Wildman–Crippen LogP) is 5.16. The number of para-hydroxylation sites is 1. The summed E-state index contributed by atoms with van der Waals surface area (Å²) in [4.78, 5) is 0. The third kappa shape index (κ3) is 3.36. The van der Waals surface area contributed by atoms with Gasteiger partial charge in [0.25, 0.3) is 0 Å². The number of benzene rings is 3. The molecule has 0 saturated heterocycles. The standard InChI is InChI=1S/C25H20N2O4/c1-2-4-20(5-3-1)27-21(18-8-11-23-25(13-18)31-16-29-23)14-19(26-27)9-6-17-7-10-22-24(12-17)30-15-28-22/h1-13,21H,14-16H2. The number of nitrogens with zero attached hydrogens (tertiary/aromatic N) is 2. The van der Waals surface area contributed by atoms with Gasteiger partial charge in [-0.3, -0.25) is 5.01 Å². The molecule has 31 heavy (non-hydrogen) atoms. The Hall–Kier alpha value is -3.93. The fraction of sp³-hybridized carbons (Fsp3) is 0.160. The molecule has 3 aliphatic heterocycles. The second kappa shape index (κ2) is 7.40. The lowest BCUT2D eigenvalue weighted by atomic mass is 10.00. The average molecular weight is 412 g/mol. The van der Waals surface area contributed by atoms with E-state index in [1.165, 1.54) is 0 Å². The van der Waals surface area contributed by atoms with Crippen molar-refractivity contribution in [3.05, 3.63) is 83.9 Å². The fourth-order valence-electron chi connectivity index (χ4n) is 4.04. The summed E-state index contributed by atoms with van der Waals surface area (Å²) in [6.07, 6.45) is 4.92. The molecule has 0 fully saturated rings. The fourth-order valence-corrected chi connectivity index (χ4v) is 4.04. The Labute approximate surface area is 179 Å². The SMILES string of the molecule is C(=Cc1ccc2c(c1)OCO2)C1=NN(c2ccccc2)C(c2ccc3c(c2)OCO3)C1. The molecule has 0 radical (unpaired) electrons. The first-order valence-electron chi connectivity index (χ1n) is 10.2. The molecule has 0 spiro atoms. The zero-order chi connectivity index (χ0) is 20.6. The monoisotopic (exact) mass is 412 g/mol. The highest BCUT2D eigenvalue weighted by molar-refractivity contribution is 6.01. The number of allylic oxidation sites excluding steroid dienone is 1. The van der Waals surface area contributed by atoms with Crippen LogP contribution >= 0.6 is 0 Å². The van der Waals surface area contributed by atoms with E-state index in [2.05, 4.69) is 41.4 Å². The maximum atomic E-state index is 5.59. The van der Waals surface area contributed by atoms with Gasteiger partial charge in [-0.2, -0.15) is 5.10 Å². The molecule has 1 unspecified atom stereocenters. The van der Waals surface area contributed by atoms with Crippen molar-refractivity contribution in [3.63, 3.8) is 0 Å². The van der Waals surface area contributed by atoms with E-state index in [0.717, 1.165) is 51.9 Å². The van der Waals surface area contributed by atoms with Gasteiger partial charge in [-0.1, -0.05) is 36.4 Å². The summed E-state index contributed by atoms with van der Waals surface area (Å²) in [6, 6.07) is 22.4. The summed E-state index contributed by atoms with van der Waals surface area (Å²) >= 11 is 0. The van der Waals surface area contributed by atoms with Crippen molar-refractivity contribution in [2.75, 3.05) is 18.6 Å². The highest BCUT2D eigenvalue weighted by atomic mass is 16.7. The number of hydrazone groups is 1. The summed E-state index contributed by atoms with van der Waals surface area (Å²) in [6.45, 7) is 0.546. The van der Waals surface area contributed by atoms with Crippen LogP contribution in [0.3, 0.4) is 0 Å². The van der Waals surface area contributed by atoms with E-state index in [1.807, 2.05) is 42.5 Å². The van der Waals surface area contributed by atoms with Gasteiger partial charge in [0.2, 0.25) is 13.6 Å². The summed E-state index contributed by atoms with van der Waals surface area (Å²) < 4.78 is 21.9. The third-order valence-electron chi connectivity index (χ3n) is 5.60. The number of fused-ring (bicyclic) bond motifs is 2. The Balaban J connectivity index is 1.30. The van der Waals surface area contributed by atoms with E-state index >= 15 is 0 Å². The van der Waals surface area contributed by atoms with Gasteiger partial charge in [0.1, 0.15) is 0 Å². The summed E-state index contributed by atoms with van der Waals surface area (Å²) in [5.74, 6) is 3.14. The van der Waals surface area contributed by atoms with Crippen molar-refractivity contribution in [1.29, 1.82) is 0 Å². The van der Waals surface area contributed by atoms with Gasteiger partial charge in [-0.05, 0) is 53.6 Å². The minimum absolute atomic E-state index is 0.0771. The van der Waals surface area contributed by atoms with Gasteiger partial charge in [-0.25, -0.2) is 0 Å². The Bertz CT molecular complexity index is 1190. The molecule has 154 valence electrons. The van der Waals surface area contributed by atoms with Crippen molar-refractivity contribution in [1.82, 2.24) is 0 Å². The van der Waals surface area contributed by atoms with Gasteiger partial charge < -0.3 is 18.9 Å². The van der Waals surface area contributed by atoms with Gasteiger partial charge >= 0.3 is 0 Å². The number of hydrogen-bond acceptors (Lipinski definition) is 6. The van der Waals surface area contributed by atoms with Crippen LogP contribution < -0.4 is 24.0 Å². The molecule has 6 rings (SSSR count). The van der Waals surface area contributed by atoms with Crippen LogP contribution in [0, 0.1) is 0 Å². The molecule has 3 aliphatic rings.